The lowest BCUT2D eigenvalue weighted by atomic mass is 9.98. The van der Waals surface area contributed by atoms with Gasteiger partial charge in [-0.2, -0.15) is 0 Å². The number of carbonyl (C=O) groups is 1. The molecule has 0 aliphatic heterocycles. The highest BCUT2D eigenvalue weighted by atomic mass is 16.1. The van der Waals surface area contributed by atoms with Gasteiger partial charge in [-0.15, -0.1) is 0 Å². The lowest BCUT2D eigenvalue weighted by molar-refractivity contribution is 0.112. The Morgan fingerprint density at radius 3 is 2.44 bits per heavy atom. The summed E-state index contributed by atoms with van der Waals surface area (Å²) in [5.41, 5.74) is 2.02. The van der Waals surface area contributed by atoms with Gasteiger partial charge in [0.25, 0.3) is 0 Å². The number of benzene rings is 2. The molecule has 2 aromatic rings. The normalized spacial score (nSPS) is 10.6. The minimum atomic E-state index is 0.840. The second-order valence-corrected chi connectivity index (χ2v) is 4.12. The maximum atomic E-state index is 11.0. The highest BCUT2D eigenvalue weighted by molar-refractivity contribution is 5.90. The van der Waals surface area contributed by atoms with Crippen LogP contribution < -0.4 is 0 Å². The molecule has 0 unspecified atom stereocenters. The quantitative estimate of drug-likeness (QED) is 0.700. The van der Waals surface area contributed by atoms with Crippen molar-refractivity contribution in [3.63, 3.8) is 0 Å². The second-order valence-electron chi connectivity index (χ2n) is 4.12. The number of hydrogen-bond acceptors (Lipinski definition) is 1. The van der Waals surface area contributed by atoms with Gasteiger partial charge < -0.3 is 0 Å². The Morgan fingerprint density at radius 1 is 1.12 bits per heavy atom. The number of hydrogen-bond donors (Lipinski definition) is 0. The molecule has 0 radical (unpaired) electrons. The summed E-state index contributed by atoms with van der Waals surface area (Å²) in [6, 6.07) is 12.3. The molecule has 0 heterocycles. The molecule has 0 aliphatic carbocycles. The van der Waals surface area contributed by atoms with Gasteiger partial charge in [-0.1, -0.05) is 43.7 Å². The van der Waals surface area contributed by atoms with E-state index in [-0.39, 0.29) is 0 Å². The summed E-state index contributed by atoms with van der Waals surface area (Å²) in [4.78, 5) is 11.0. The molecule has 0 saturated heterocycles. The van der Waals surface area contributed by atoms with Gasteiger partial charge in [-0.3, -0.25) is 4.79 Å². The zero-order valence-corrected chi connectivity index (χ0v) is 9.57. The van der Waals surface area contributed by atoms with Crippen molar-refractivity contribution in [2.24, 2.45) is 0 Å². The Balaban J connectivity index is 2.49. The van der Waals surface area contributed by atoms with Crippen molar-refractivity contribution >= 4 is 17.1 Å². The van der Waals surface area contributed by atoms with E-state index in [2.05, 4.69) is 19.1 Å². The molecule has 0 N–H and O–H groups in total. The molecule has 1 nitrogen and oxygen atoms in total. The zero-order chi connectivity index (χ0) is 11.4. The molecule has 0 aromatic heterocycles. The summed E-state index contributed by atoms with van der Waals surface area (Å²) in [7, 11) is 0. The number of aryl methyl sites for hydroxylation is 1. The Kier molecular flexibility index (Phi) is 3.35. The lowest BCUT2D eigenvalue weighted by Crippen LogP contribution is -1.93. The van der Waals surface area contributed by atoms with Crippen molar-refractivity contribution in [1.82, 2.24) is 0 Å². The molecule has 0 fully saturated rings. The lowest BCUT2D eigenvalue weighted by Gasteiger charge is -2.06. The van der Waals surface area contributed by atoms with Crippen LogP contribution in [0.4, 0.5) is 0 Å². The minimum absolute atomic E-state index is 0.840. The van der Waals surface area contributed by atoms with Crippen LogP contribution >= 0.6 is 0 Å². The van der Waals surface area contributed by atoms with Gasteiger partial charge >= 0.3 is 0 Å². The molecule has 82 valence electrons. The third-order valence-corrected chi connectivity index (χ3v) is 2.93. The predicted molar refractivity (Wildman–Crippen MR) is 67.9 cm³/mol. The van der Waals surface area contributed by atoms with Gasteiger partial charge in [0.2, 0.25) is 0 Å². The third-order valence-electron chi connectivity index (χ3n) is 2.93. The number of carbonyl (C=O) groups excluding carboxylic acids is 1. The monoisotopic (exact) mass is 212 g/mol. The fourth-order valence-electron chi connectivity index (χ4n) is 2.00. The van der Waals surface area contributed by atoms with E-state index >= 15 is 0 Å². The molecule has 0 amide bonds. The highest BCUT2D eigenvalue weighted by Gasteiger charge is 2.03. The van der Waals surface area contributed by atoms with Crippen molar-refractivity contribution in [3.8, 4) is 0 Å². The zero-order valence-electron chi connectivity index (χ0n) is 9.57. The Morgan fingerprint density at radius 2 is 1.81 bits per heavy atom. The van der Waals surface area contributed by atoms with E-state index in [0.717, 1.165) is 36.5 Å². The molecule has 0 atom stereocenters. The summed E-state index contributed by atoms with van der Waals surface area (Å²) in [6.07, 6.45) is 4.26. The summed E-state index contributed by atoms with van der Waals surface area (Å²) in [5, 5.41) is 2.36. The van der Waals surface area contributed by atoms with E-state index in [9.17, 15) is 4.79 Å². The van der Waals surface area contributed by atoms with Crippen molar-refractivity contribution in [1.29, 1.82) is 0 Å². The van der Waals surface area contributed by atoms with E-state index < -0.39 is 0 Å². The number of fused-ring (bicyclic) bond motifs is 1. The average molecular weight is 212 g/mol. The number of unbranched alkanes of at least 4 members (excludes halogenated alkanes) is 1. The van der Waals surface area contributed by atoms with Gasteiger partial charge in [0.05, 0.1) is 0 Å². The maximum absolute atomic E-state index is 11.0. The van der Waals surface area contributed by atoms with Crippen LogP contribution in [-0.2, 0) is 6.42 Å². The van der Waals surface area contributed by atoms with Crippen molar-refractivity contribution < 1.29 is 4.79 Å². The SMILES string of the molecule is CCCCc1cc2ccccc2cc1C=O. The first-order chi connectivity index (χ1) is 7.85. The van der Waals surface area contributed by atoms with Gasteiger partial charge in [-0.25, -0.2) is 0 Å². The van der Waals surface area contributed by atoms with E-state index in [1.165, 1.54) is 10.9 Å². The number of rotatable bonds is 4. The van der Waals surface area contributed by atoms with Crippen LogP contribution in [0.15, 0.2) is 36.4 Å². The van der Waals surface area contributed by atoms with Crippen molar-refractivity contribution in [2.75, 3.05) is 0 Å². The van der Waals surface area contributed by atoms with Crippen LogP contribution in [-0.4, -0.2) is 6.29 Å². The summed E-state index contributed by atoms with van der Waals surface area (Å²) < 4.78 is 0. The molecule has 1 heteroatoms. The van der Waals surface area contributed by atoms with E-state index in [1.807, 2.05) is 24.3 Å². The Bertz CT molecular complexity index is 500. The molecule has 2 rings (SSSR count). The first kappa shape index (κ1) is 10.9. The van der Waals surface area contributed by atoms with Gasteiger partial charge in [0, 0.05) is 5.56 Å². The highest BCUT2D eigenvalue weighted by Crippen LogP contribution is 2.20. The van der Waals surface area contributed by atoms with E-state index in [4.69, 9.17) is 0 Å². The Hall–Kier alpha value is -1.63. The van der Waals surface area contributed by atoms with Gasteiger partial charge in [0.1, 0.15) is 6.29 Å². The minimum Gasteiger partial charge on any atom is -0.298 e. The van der Waals surface area contributed by atoms with Crippen LogP contribution in [0.5, 0.6) is 0 Å². The summed E-state index contributed by atoms with van der Waals surface area (Å²) >= 11 is 0. The van der Waals surface area contributed by atoms with Crippen molar-refractivity contribution in [3.05, 3.63) is 47.5 Å². The molecule has 0 bridgehead atoms. The van der Waals surface area contributed by atoms with Gasteiger partial charge in [0.15, 0.2) is 0 Å². The summed E-state index contributed by atoms with van der Waals surface area (Å²) in [6.45, 7) is 2.17. The fourth-order valence-corrected chi connectivity index (χ4v) is 2.00. The average Bonchev–Trinajstić information content (AvgIpc) is 2.35. The van der Waals surface area contributed by atoms with E-state index in [0.29, 0.717) is 0 Å². The molecule has 0 spiro atoms. The second kappa shape index (κ2) is 4.93. The third kappa shape index (κ3) is 2.13. The Labute approximate surface area is 96.1 Å². The first-order valence-electron chi connectivity index (χ1n) is 5.82. The molecule has 0 aliphatic rings. The first-order valence-corrected chi connectivity index (χ1v) is 5.82. The van der Waals surface area contributed by atoms with Crippen LogP contribution in [0.1, 0.15) is 35.7 Å². The van der Waals surface area contributed by atoms with Crippen LogP contribution in [0.2, 0.25) is 0 Å². The standard InChI is InChI=1S/C15H16O/c1-2-3-6-14-9-12-7-4-5-8-13(12)10-15(14)11-16/h4-5,7-11H,2-3,6H2,1H3. The molecule has 2 aromatic carbocycles. The van der Waals surface area contributed by atoms with Crippen LogP contribution in [0, 0.1) is 0 Å². The molecule has 16 heavy (non-hydrogen) atoms. The van der Waals surface area contributed by atoms with Crippen LogP contribution in [0.25, 0.3) is 10.8 Å². The number of aldehydes is 1. The van der Waals surface area contributed by atoms with Crippen LogP contribution in [0.3, 0.4) is 0 Å². The largest absolute Gasteiger partial charge is 0.298 e. The van der Waals surface area contributed by atoms with Gasteiger partial charge in [-0.05, 0) is 35.2 Å². The molecule has 0 saturated carbocycles. The molecular weight excluding hydrogens is 196 g/mol. The predicted octanol–water partition coefficient (Wildman–Crippen LogP) is 3.99. The fraction of sp³-hybridized carbons (Fsp3) is 0.267. The summed E-state index contributed by atoms with van der Waals surface area (Å²) in [5.74, 6) is 0. The molecular formula is C15H16O. The topological polar surface area (TPSA) is 17.1 Å². The van der Waals surface area contributed by atoms with Crippen molar-refractivity contribution in [2.45, 2.75) is 26.2 Å². The smallest absolute Gasteiger partial charge is 0.150 e. The van der Waals surface area contributed by atoms with E-state index in [1.54, 1.807) is 0 Å². The maximum Gasteiger partial charge on any atom is 0.150 e.